The van der Waals surface area contributed by atoms with Crippen LogP contribution in [0.15, 0.2) is 0 Å². The van der Waals surface area contributed by atoms with E-state index in [0.717, 1.165) is 38.5 Å². The van der Waals surface area contributed by atoms with Crippen LogP contribution >= 0.6 is 0 Å². The van der Waals surface area contributed by atoms with Crippen molar-refractivity contribution in [1.29, 1.82) is 0 Å². The number of unbranched alkanes of at least 4 members (excludes halogenated alkanes) is 5. The molecule has 0 N–H and O–H groups in total. The number of esters is 1. The minimum Gasteiger partial charge on any atom is -0.466 e. The smallest absolute Gasteiger partial charge is 0.306 e. The van der Waals surface area contributed by atoms with Crippen molar-refractivity contribution in [2.45, 2.75) is 135 Å². The van der Waals surface area contributed by atoms with Crippen molar-refractivity contribution in [1.82, 2.24) is 4.90 Å². The SMILES string of the molecule is CCCCCCCCOC(=O)CCC(=O)N(C1CCCCC1)C1CCCCC1. The Hall–Kier alpha value is -1.06. The van der Waals surface area contributed by atoms with Crippen LogP contribution in [0.5, 0.6) is 0 Å². The van der Waals surface area contributed by atoms with Gasteiger partial charge in [-0.15, -0.1) is 0 Å². The van der Waals surface area contributed by atoms with Crippen LogP contribution in [0.4, 0.5) is 0 Å². The van der Waals surface area contributed by atoms with Crippen molar-refractivity contribution in [2.75, 3.05) is 6.61 Å². The molecule has 0 unspecified atom stereocenters. The van der Waals surface area contributed by atoms with E-state index in [-0.39, 0.29) is 18.3 Å². The molecule has 0 aromatic carbocycles. The maximum absolute atomic E-state index is 13.0. The Morgan fingerprint density at radius 2 is 1.29 bits per heavy atom. The molecule has 4 heteroatoms. The summed E-state index contributed by atoms with van der Waals surface area (Å²) in [6, 6.07) is 0.812. The van der Waals surface area contributed by atoms with E-state index < -0.39 is 0 Å². The minimum atomic E-state index is -0.200. The first-order valence-electron chi connectivity index (χ1n) is 12.2. The lowest BCUT2D eigenvalue weighted by atomic mass is 9.88. The Kier molecular flexibility index (Phi) is 11.6. The Morgan fingerprint density at radius 3 is 1.86 bits per heavy atom. The van der Waals surface area contributed by atoms with E-state index in [0.29, 0.717) is 25.1 Å². The van der Waals surface area contributed by atoms with Crippen molar-refractivity contribution in [3.63, 3.8) is 0 Å². The third-order valence-electron chi connectivity index (χ3n) is 6.53. The molecule has 0 aromatic heterocycles. The zero-order valence-electron chi connectivity index (χ0n) is 18.3. The van der Waals surface area contributed by atoms with Gasteiger partial charge in [0.15, 0.2) is 0 Å². The molecule has 2 aliphatic rings. The Balaban J connectivity index is 1.70. The lowest BCUT2D eigenvalue weighted by Crippen LogP contribution is -2.48. The van der Waals surface area contributed by atoms with Crippen LogP contribution in [-0.4, -0.2) is 35.5 Å². The molecule has 0 spiro atoms. The van der Waals surface area contributed by atoms with Gasteiger partial charge in [0.25, 0.3) is 0 Å². The molecule has 0 saturated heterocycles. The Labute approximate surface area is 172 Å². The Morgan fingerprint density at radius 1 is 0.750 bits per heavy atom. The van der Waals surface area contributed by atoms with E-state index in [2.05, 4.69) is 11.8 Å². The van der Waals surface area contributed by atoms with E-state index in [9.17, 15) is 9.59 Å². The topological polar surface area (TPSA) is 46.6 Å². The fourth-order valence-electron chi connectivity index (χ4n) is 4.90. The third-order valence-corrected chi connectivity index (χ3v) is 6.53. The van der Waals surface area contributed by atoms with Gasteiger partial charge in [-0.3, -0.25) is 9.59 Å². The van der Waals surface area contributed by atoms with Crippen LogP contribution < -0.4 is 0 Å². The van der Waals surface area contributed by atoms with Crippen molar-refractivity contribution in [3.05, 3.63) is 0 Å². The van der Waals surface area contributed by atoms with Gasteiger partial charge in [0.1, 0.15) is 0 Å². The van der Waals surface area contributed by atoms with Gasteiger partial charge in [0, 0.05) is 18.5 Å². The van der Waals surface area contributed by atoms with Gasteiger partial charge in [-0.25, -0.2) is 0 Å². The molecule has 4 nitrogen and oxygen atoms in total. The molecule has 2 fully saturated rings. The lowest BCUT2D eigenvalue weighted by Gasteiger charge is -2.42. The summed E-state index contributed by atoms with van der Waals surface area (Å²) in [5, 5.41) is 0. The highest BCUT2D eigenvalue weighted by Gasteiger charge is 2.32. The minimum absolute atomic E-state index is 0.190. The number of carbonyl (C=O) groups is 2. The predicted molar refractivity (Wildman–Crippen MR) is 114 cm³/mol. The highest BCUT2D eigenvalue weighted by atomic mass is 16.5. The second kappa shape index (κ2) is 14.0. The Bertz CT molecular complexity index is 421. The van der Waals surface area contributed by atoms with E-state index in [1.165, 1.54) is 64.2 Å². The number of ether oxygens (including phenoxy) is 1. The molecule has 0 aliphatic heterocycles. The molecule has 28 heavy (non-hydrogen) atoms. The van der Waals surface area contributed by atoms with Crippen molar-refractivity contribution in [3.8, 4) is 0 Å². The van der Waals surface area contributed by atoms with Gasteiger partial charge in [-0.2, -0.15) is 0 Å². The summed E-state index contributed by atoms with van der Waals surface area (Å²) < 4.78 is 5.36. The molecule has 2 aliphatic carbocycles. The van der Waals surface area contributed by atoms with Crippen LogP contribution in [0.1, 0.15) is 122 Å². The molecule has 0 aromatic rings. The second-order valence-corrected chi connectivity index (χ2v) is 8.87. The summed E-state index contributed by atoms with van der Waals surface area (Å²) >= 11 is 0. The van der Waals surface area contributed by atoms with Crippen LogP contribution in [0.2, 0.25) is 0 Å². The maximum Gasteiger partial charge on any atom is 0.306 e. The number of hydrogen-bond donors (Lipinski definition) is 0. The van der Waals surface area contributed by atoms with Gasteiger partial charge in [0.2, 0.25) is 5.91 Å². The highest BCUT2D eigenvalue weighted by Crippen LogP contribution is 2.30. The van der Waals surface area contributed by atoms with E-state index in [4.69, 9.17) is 4.74 Å². The molecule has 2 rings (SSSR count). The summed E-state index contributed by atoms with van der Waals surface area (Å²) in [5.74, 6) is -0.00976. The maximum atomic E-state index is 13.0. The highest BCUT2D eigenvalue weighted by molar-refractivity contribution is 5.81. The number of carbonyl (C=O) groups excluding carboxylic acids is 2. The van der Waals surface area contributed by atoms with Gasteiger partial charge < -0.3 is 9.64 Å². The summed E-state index contributed by atoms with van der Waals surface area (Å²) in [7, 11) is 0. The molecule has 1 amide bonds. The monoisotopic (exact) mass is 393 g/mol. The quantitative estimate of drug-likeness (QED) is 0.294. The average molecular weight is 394 g/mol. The number of rotatable bonds is 12. The van der Waals surface area contributed by atoms with E-state index >= 15 is 0 Å². The molecular weight excluding hydrogens is 350 g/mol. The second-order valence-electron chi connectivity index (χ2n) is 8.87. The molecule has 2 saturated carbocycles. The first-order chi connectivity index (χ1) is 13.7. The zero-order chi connectivity index (χ0) is 20.0. The molecule has 0 bridgehead atoms. The molecule has 0 radical (unpaired) electrons. The third kappa shape index (κ3) is 8.53. The van der Waals surface area contributed by atoms with Crippen molar-refractivity contribution in [2.24, 2.45) is 0 Å². The van der Waals surface area contributed by atoms with E-state index in [1.807, 2.05) is 0 Å². The van der Waals surface area contributed by atoms with Crippen LogP contribution in [0, 0.1) is 0 Å². The average Bonchev–Trinajstić information content (AvgIpc) is 2.73. The largest absolute Gasteiger partial charge is 0.466 e. The van der Waals surface area contributed by atoms with Gasteiger partial charge in [-0.1, -0.05) is 77.6 Å². The summed E-state index contributed by atoms with van der Waals surface area (Å²) in [6.07, 6.45) is 19.8. The molecular formula is C24H43NO3. The van der Waals surface area contributed by atoms with E-state index in [1.54, 1.807) is 0 Å². The number of hydrogen-bond acceptors (Lipinski definition) is 3. The fraction of sp³-hybridized carbons (Fsp3) is 0.917. The zero-order valence-corrected chi connectivity index (χ0v) is 18.3. The summed E-state index contributed by atoms with van der Waals surface area (Å²) in [4.78, 5) is 27.3. The number of nitrogens with zero attached hydrogens (tertiary/aromatic N) is 1. The van der Waals surface area contributed by atoms with Crippen LogP contribution in [0.3, 0.4) is 0 Å². The van der Waals surface area contributed by atoms with Crippen molar-refractivity contribution < 1.29 is 14.3 Å². The summed E-state index contributed by atoms with van der Waals surface area (Å²) in [5.41, 5.74) is 0. The van der Waals surface area contributed by atoms with Crippen LogP contribution in [-0.2, 0) is 14.3 Å². The van der Waals surface area contributed by atoms with Crippen molar-refractivity contribution >= 4 is 11.9 Å². The molecule has 0 atom stereocenters. The predicted octanol–water partition coefficient (Wildman–Crippen LogP) is 6.16. The van der Waals surface area contributed by atoms with Gasteiger partial charge >= 0.3 is 5.97 Å². The normalized spacial score (nSPS) is 18.8. The first kappa shape index (κ1) is 23.2. The lowest BCUT2D eigenvalue weighted by molar-refractivity contribution is -0.148. The first-order valence-corrected chi connectivity index (χ1v) is 12.2. The molecule has 0 heterocycles. The standard InChI is InChI=1S/C24H43NO3/c1-2-3-4-5-6-13-20-28-24(27)19-18-23(26)25(21-14-9-7-10-15-21)22-16-11-8-12-17-22/h21-22H,2-20H2,1H3. The molecule has 162 valence electrons. The van der Waals surface area contributed by atoms with Gasteiger partial charge in [-0.05, 0) is 32.1 Å². The number of amides is 1. The van der Waals surface area contributed by atoms with Gasteiger partial charge in [0.05, 0.1) is 13.0 Å². The van der Waals surface area contributed by atoms with Crippen LogP contribution in [0.25, 0.3) is 0 Å². The summed E-state index contributed by atoms with van der Waals surface area (Å²) in [6.45, 7) is 2.72. The fourth-order valence-corrected chi connectivity index (χ4v) is 4.90.